The van der Waals surface area contributed by atoms with E-state index >= 15 is 0 Å². The first-order valence-corrected chi connectivity index (χ1v) is 8.44. The van der Waals surface area contributed by atoms with E-state index < -0.39 is 5.92 Å². The first kappa shape index (κ1) is 15.2. The molecule has 1 saturated carbocycles. The zero-order valence-corrected chi connectivity index (χ0v) is 13.4. The van der Waals surface area contributed by atoms with Crippen molar-refractivity contribution >= 4 is 17.3 Å². The SMILES string of the molecule is N#Cc1ccc(-c2cnccc2SC2CC(F)(F)C2)n2cccc12. The Labute approximate surface area is 141 Å². The van der Waals surface area contributed by atoms with Crippen LogP contribution in [0.3, 0.4) is 0 Å². The number of thioether (sulfide) groups is 1. The highest BCUT2D eigenvalue weighted by Gasteiger charge is 2.45. The van der Waals surface area contributed by atoms with Crippen LogP contribution in [0.1, 0.15) is 18.4 Å². The summed E-state index contributed by atoms with van der Waals surface area (Å²) in [4.78, 5) is 5.13. The number of fused-ring (bicyclic) bond motifs is 1. The van der Waals surface area contributed by atoms with Crippen LogP contribution in [-0.2, 0) is 0 Å². The van der Waals surface area contributed by atoms with E-state index in [0.717, 1.165) is 21.7 Å². The first-order valence-electron chi connectivity index (χ1n) is 7.56. The third kappa shape index (κ3) is 2.55. The lowest BCUT2D eigenvalue weighted by molar-refractivity contribution is -0.0666. The predicted molar refractivity (Wildman–Crippen MR) is 89.2 cm³/mol. The van der Waals surface area contributed by atoms with Crippen molar-refractivity contribution < 1.29 is 8.78 Å². The molecule has 0 amide bonds. The van der Waals surface area contributed by atoms with Gasteiger partial charge < -0.3 is 4.40 Å². The molecular formula is C18H13F2N3S. The highest BCUT2D eigenvalue weighted by molar-refractivity contribution is 8.00. The Bertz CT molecular complexity index is 950. The number of rotatable bonds is 3. The van der Waals surface area contributed by atoms with E-state index in [1.807, 2.05) is 34.9 Å². The highest BCUT2D eigenvalue weighted by atomic mass is 32.2. The normalized spacial score (nSPS) is 16.7. The number of hydrogen-bond donors (Lipinski definition) is 0. The van der Waals surface area contributed by atoms with E-state index in [1.165, 1.54) is 11.8 Å². The van der Waals surface area contributed by atoms with Gasteiger partial charge in [-0.2, -0.15) is 5.26 Å². The summed E-state index contributed by atoms with van der Waals surface area (Å²) in [6.45, 7) is 0. The van der Waals surface area contributed by atoms with Crippen molar-refractivity contribution in [3.63, 3.8) is 0 Å². The topological polar surface area (TPSA) is 41.1 Å². The molecule has 4 rings (SSSR count). The number of pyridine rings is 2. The largest absolute Gasteiger partial charge is 0.315 e. The Morgan fingerprint density at radius 3 is 2.83 bits per heavy atom. The molecule has 1 aliphatic carbocycles. The third-order valence-electron chi connectivity index (χ3n) is 4.22. The highest BCUT2D eigenvalue weighted by Crippen LogP contribution is 2.48. The molecule has 24 heavy (non-hydrogen) atoms. The van der Waals surface area contributed by atoms with Crippen molar-refractivity contribution in [1.29, 1.82) is 5.26 Å². The average molecular weight is 341 g/mol. The van der Waals surface area contributed by atoms with Gasteiger partial charge in [0.15, 0.2) is 0 Å². The number of halogens is 2. The average Bonchev–Trinajstić information content (AvgIpc) is 3.02. The van der Waals surface area contributed by atoms with Gasteiger partial charge in [-0.1, -0.05) is 0 Å². The molecule has 0 aromatic carbocycles. The molecule has 1 aliphatic rings. The van der Waals surface area contributed by atoms with E-state index in [0.29, 0.717) is 5.56 Å². The minimum absolute atomic E-state index is 0.0697. The van der Waals surface area contributed by atoms with Crippen LogP contribution < -0.4 is 0 Å². The number of hydrogen-bond acceptors (Lipinski definition) is 3. The van der Waals surface area contributed by atoms with Gasteiger partial charge in [0.2, 0.25) is 5.92 Å². The van der Waals surface area contributed by atoms with Crippen LogP contribution in [0.4, 0.5) is 8.78 Å². The minimum Gasteiger partial charge on any atom is -0.315 e. The Kier molecular flexibility index (Phi) is 3.54. The summed E-state index contributed by atoms with van der Waals surface area (Å²) >= 11 is 1.48. The maximum absolute atomic E-state index is 13.1. The van der Waals surface area contributed by atoms with Gasteiger partial charge in [0, 0.05) is 47.1 Å². The molecule has 120 valence electrons. The fourth-order valence-corrected chi connectivity index (χ4v) is 4.44. The fraction of sp³-hybridized carbons (Fsp3) is 0.222. The van der Waals surface area contributed by atoms with E-state index in [4.69, 9.17) is 0 Å². The third-order valence-corrected chi connectivity index (χ3v) is 5.49. The quantitative estimate of drug-likeness (QED) is 0.689. The summed E-state index contributed by atoms with van der Waals surface area (Å²) in [6.07, 6.45) is 5.17. The Morgan fingerprint density at radius 1 is 1.25 bits per heavy atom. The van der Waals surface area contributed by atoms with Gasteiger partial charge in [-0.3, -0.25) is 4.98 Å². The number of nitrogens with zero attached hydrogens (tertiary/aromatic N) is 3. The summed E-state index contributed by atoms with van der Waals surface area (Å²) in [5, 5.41) is 9.16. The molecule has 0 radical (unpaired) electrons. The molecule has 3 aromatic heterocycles. The van der Waals surface area contributed by atoms with Gasteiger partial charge in [0.1, 0.15) is 6.07 Å². The van der Waals surface area contributed by atoms with Crippen LogP contribution in [0, 0.1) is 11.3 Å². The molecule has 0 atom stereocenters. The van der Waals surface area contributed by atoms with E-state index in [1.54, 1.807) is 18.5 Å². The van der Waals surface area contributed by atoms with Gasteiger partial charge in [0.25, 0.3) is 0 Å². The Hall–Kier alpha value is -2.39. The number of nitriles is 1. The summed E-state index contributed by atoms with van der Waals surface area (Å²) < 4.78 is 28.1. The van der Waals surface area contributed by atoms with Crippen molar-refractivity contribution in [2.45, 2.75) is 28.9 Å². The summed E-state index contributed by atoms with van der Waals surface area (Å²) in [7, 11) is 0. The van der Waals surface area contributed by atoms with Crippen molar-refractivity contribution in [1.82, 2.24) is 9.38 Å². The Balaban J connectivity index is 1.76. The van der Waals surface area contributed by atoms with Gasteiger partial charge in [-0.05, 0) is 30.3 Å². The second kappa shape index (κ2) is 5.60. The molecule has 0 aliphatic heterocycles. The van der Waals surface area contributed by atoms with Crippen LogP contribution in [0.25, 0.3) is 16.8 Å². The lowest BCUT2D eigenvalue weighted by Gasteiger charge is -2.34. The molecule has 3 heterocycles. The smallest absolute Gasteiger partial charge is 0.250 e. The maximum atomic E-state index is 13.1. The molecule has 3 aromatic rings. The first-order chi connectivity index (χ1) is 11.6. The Morgan fingerprint density at radius 2 is 2.08 bits per heavy atom. The lowest BCUT2D eigenvalue weighted by Crippen LogP contribution is -2.37. The van der Waals surface area contributed by atoms with Crippen LogP contribution >= 0.6 is 11.8 Å². The van der Waals surface area contributed by atoms with E-state index in [2.05, 4.69) is 11.1 Å². The monoisotopic (exact) mass is 341 g/mol. The number of aromatic nitrogens is 2. The van der Waals surface area contributed by atoms with E-state index in [-0.39, 0.29) is 18.1 Å². The van der Waals surface area contributed by atoms with Crippen molar-refractivity contribution in [2.24, 2.45) is 0 Å². The van der Waals surface area contributed by atoms with Gasteiger partial charge in [0.05, 0.1) is 16.8 Å². The molecular weight excluding hydrogens is 328 g/mol. The standard InChI is InChI=1S/C18H13F2N3S/c19-18(20)8-13(9-18)24-17-5-6-22-11-14(17)16-4-3-12(10-21)15-2-1-7-23(15)16/h1-7,11,13H,8-9H2. The molecule has 1 fully saturated rings. The summed E-state index contributed by atoms with van der Waals surface area (Å²) in [5.41, 5.74) is 3.21. The zero-order valence-electron chi connectivity index (χ0n) is 12.6. The van der Waals surface area contributed by atoms with Crippen LogP contribution in [0.15, 0.2) is 53.8 Å². The molecule has 0 spiro atoms. The summed E-state index contributed by atoms with van der Waals surface area (Å²) in [5.74, 6) is -2.52. The second-order valence-electron chi connectivity index (χ2n) is 5.88. The predicted octanol–water partition coefficient (Wildman–Crippen LogP) is 4.76. The van der Waals surface area contributed by atoms with Crippen LogP contribution in [-0.4, -0.2) is 20.6 Å². The molecule has 0 bridgehead atoms. The molecule has 0 saturated heterocycles. The van der Waals surface area contributed by atoms with Gasteiger partial charge >= 0.3 is 0 Å². The minimum atomic E-state index is -2.52. The lowest BCUT2D eigenvalue weighted by atomic mass is 9.94. The van der Waals surface area contributed by atoms with Crippen LogP contribution in [0.2, 0.25) is 0 Å². The van der Waals surface area contributed by atoms with Gasteiger partial charge in [-0.15, -0.1) is 11.8 Å². The van der Waals surface area contributed by atoms with Crippen molar-refractivity contribution in [2.75, 3.05) is 0 Å². The molecule has 0 N–H and O–H groups in total. The van der Waals surface area contributed by atoms with E-state index in [9.17, 15) is 14.0 Å². The second-order valence-corrected chi connectivity index (χ2v) is 7.23. The summed E-state index contributed by atoms with van der Waals surface area (Å²) in [6, 6.07) is 11.5. The fourth-order valence-electron chi connectivity index (χ4n) is 3.00. The van der Waals surface area contributed by atoms with Gasteiger partial charge in [-0.25, -0.2) is 8.78 Å². The maximum Gasteiger partial charge on any atom is 0.250 e. The molecule has 0 unspecified atom stereocenters. The van der Waals surface area contributed by atoms with Crippen LogP contribution in [0.5, 0.6) is 0 Å². The van der Waals surface area contributed by atoms with Crippen molar-refractivity contribution in [3.8, 4) is 17.3 Å². The van der Waals surface area contributed by atoms with Crippen molar-refractivity contribution in [3.05, 3.63) is 54.5 Å². The molecule has 3 nitrogen and oxygen atoms in total. The zero-order chi connectivity index (χ0) is 16.7. The number of alkyl halides is 2. The molecule has 6 heteroatoms.